The highest BCUT2D eigenvalue weighted by Gasteiger charge is 2.22. The minimum absolute atomic E-state index is 0.154. The molecule has 0 radical (unpaired) electrons. The monoisotopic (exact) mass is 242 g/mol. The van der Waals surface area contributed by atoms with Crippen LogP contribution in [0.5, 0.6) is 0 Å². The van der Waals surface area contributed by atoms with Crippen LogP contribution in [0.25, 0.3) is 5.69 Å². The van der Waals surface area contributed by atoms with E-state index in [-0.39, 0.29) is 11.2 Å². The Balaban J connectivity index is 2.40. The lowest BCUT2D eigenvalue weighted by molar-refractivity contribution is 0.0858. The van der Waals surface area contributed by atoms with Crippen molar-refractivity contribution in [3.8, 4) is 5.69 Å². The smallest absolute Gasteiger partial charge is 0.168 e. The number of carbonyl (C=O) groups excluding carboxylic acids is 1. The maximum atomic E-state index is 12.2. The molecular formula is C15H18N2O. The van der Waals surface area contributed by atoms with Crippen molar-refractivity contribution < 1.29 is 4.79 Å². The Kier molecular flexibility index (Phi) is 3.07. The van der Waals surface area contributed by atoms with E-state index in [1.807, 2.05) is 62.7 Å². The summed E-state index contributed by atoms with van der Waals surface area (Å²) in [6.45, 7) is 7.75. The number of carbonyl (C=O) groups is 1. The fraction of sp³-hybridized carbons (Fsp3) is 0.333. The van der Waals surface area contributed by atoms with Gasteiger partial charge in [0.25, 0.3) is 0 Å². The summed E-state index contributed by atoms with van der Waals surface area (Å²) in [6.07, 6.45) is 3.71. The van der Waals surface area contributed by atoms with Crippen LogP contribution >= 0.6 is 0 Å². The molecule has 94 valence electrons. The Labute approximate surface area is 107 Å². The van der Waals surface area contributed by atoms with Crippen molar-refractivity contribution in [3.63, 3.8) is 0 Å². The lowest BCUT2D eigenvalue weighted by Gasteiger charge is -2.17. The van der Waals surface area contributed by atoms with Crippen LogP contribution in [0, 0.1) is 12.3 Å². The van der Waals surface area contributed by atoms with Gasteiger partial charge in [0.2, 0.25) is 0 Å². The Hall–Kier alpha value is -1.90. The summed E-state index contributed by atoms with van der Waals surface area (Å²) in [5.41, 5.74) is 2.31. The van der Waals surface area contributed by atoms with E-state index in [4.69, 9.17) is 0 Å². The molecule has 0 bridgehead atoms. The highest BCUT2D eigenvalue weighted by atomic mass is 16.1. The summed E-state index contributed by atoms with van der Waals surface area (Å²) >= 11 is 0. The zero-order chi connectivity index (χ0) is 13.3. The molecule has 0 N–H and O–H groups in total. The summed E-state index contributed by atoms with van der Waals surface area (Å²) < 4.78 is 1.93. The van der Waals surface area contributed by atoms with Gasteiger partial charge in [0, 0.05) is 22.9 Å². The van der Waals surface area contributed by atoms with Crippen molar-refractivity contribution in [1.82, 2.24) is 9.55 Å². The molecule has 0 saturated heterocycles. The molecule has 3 nitrogen and oxygen atoms in total. The minimum Gasteiger partial charge on any atom is -0.306 e. The molecule has 0 atom stereocenters. The predicted octanol–water partition coefficient (Wildman–Crippen LogP) is 3.41. The number of aryl methyl sites for hydroxylation is 1. The number of imidazole rings is 1. The van der Waals surface area contributed by atoms with E-state index < -0.39 is 0 Å². The third kappa shape index (κ3) is 2.50. The first-order valence-corrected chi connectivity index (χ1v) is 6.04. The molecule has 1 heterocycles. The van der Waals surface area contributed by atoms with Crippen LogP contribution in [-0.4, -0.2) is 15.3 Å². The SMILES string of the molecule is Cc1cn(-c2cccc(C(=O)C(C)(C)C)c2)cn1. The van der Waals surface area contributed by atoms with E-state index in [1.54, 1.807) is 6.33 Å². The van der Waals surface area contributed by atoms with E-state index in [2.05, 4.69) is 4.98 Å². The van der Waals surface area contributed by atoms with Crippen LogP contribution < -0.4 is 0 Å². The van der Waals surface area contributed by atoms with Crippen molar-refractivity contribution >= 4 is 5.78 Å². The maximum Gasteiger partial charge on any atom is 0.168 e. The molecule has 0 fully saturated rings. The maximum absolute atomic E-state index is 12.2. The second-order valence-electron chi connectivity index (χ2n) is 5.55. The van der Waals surface area contributed by atoms with Crippen molar-refractivity contribution in [1.29, 1.82) is 0 Å². The van der Waals surface area contributed by atoms with Gasteiger partial charge in [-0.2, -0.15) is 0 Å². The fourth-order valence-corrected chi connectivity index (χ4v) is 1.80. The Morgan fingerprint density at radius 1 is 1.28 bits per heavy atom. The number of aromatic nitrogens is 2. The second kappa shape index (κ2) is 4.41. The van der Waals surface area contributed by atoms with Crippen LogP contribution in [0.2, 0.25) is 0 Å². The molecule has 0 unspecified atom stereocenters. The summed E-state index contributed by atoms with van der Waals surface area (Å²) in [7, 11) is 0. The lowest BCUT2D eigenvalue weighted by Crippen LogP contribution is -2.20. The second-order valence-corrected chi connectivity index (χ2v) is 5.55. The number of hydrogen-bond donors (Lipinski definition) is 0. The fourth-order valence-electron chi connectivity index (χ4n) is 1.80. The van der Waals surface area contributed by atoms with Gasteiger partial charge in [0.05, 0.1) is 12.0 Å². The summed E-state index contributed by atoms with van der Waals surface area (Å²) in [4.78, 5) is 16.4. The molecule has 1 aromatic heterocycles. The first-order valence-electron chi connectivity index (χ1n) is 6.04. The van der Waals surface area contributed by atoms with Crippen LogP contribution in [0.15, 0.2) is 36.8 Å². The van der Waals surface area contributed by atoms with E-state index in [0.717, 1.165) is 16.9 Å². The first kappa shape index (κ1) is 12.6. The normalized spacial score (nSPS) is 11.6. The predicted molar refractivity (Wildman–Crippen MR) is 72.1 cm³/mol. The molecule has 2 rings (SSSR count). The number of nitrogens with zero attached hydrogens (tertiary/aromatic N) is 2. The molecule has 1 aromatic carbocycles. The van der Waals surface area contributed by atoms with E-state index in [9.17, 15) is 4.79 Å². The van der Waals surface area contributed by atoms with Gasteiger partial charge in [-0.15, -0.1) is 0 Å². The van der Waals surface area contributed by atoms with Crippen molar-refractivity contribution in [2.45, 2.75) is 27.7 Å². The third-order valence-corrected chi connectivity index (χ3v) is 2.80. The quantitative estimate of drug-likeness (QED) is 0.756. The Morgan fingerprint density at radius 3 is 2.56 bits per heavy atom. The molecule has 2 aromatic rings. The van der Waals surface area contributed by atoms with Crippen LogP contribution in [0.4, 0.5) is 0 Å². The van der Waals surface area contributed by atoms with E-state index in [1.165, 1.54) is 0 Å². The lowest BCUT2D eigenvalue weighted by atomic mass is 9.86. The zero-order valence-corrected chi connectivity index (χ0v) is 11.3. The molecule has 0 aliphatic rings. The molecule has 3 heteroatoms. The van der Waals surface area contributed by atoms with Gasteiger partial charge in [-0.3, -0.25) is 4.79 Å². The van der Waals surface area contributed by atoms with Gasteiger partial charge in [-0.05, 0) is 19.1 Å². The summed E-state index contributed by atoms with van der Waals surface area (Å²) in [5.74, 6) is 0.154. The van der Waals surface area contributed by atoms with Crippen LogP contribution in [0.3, 0.4) is 0 Å². The van der Waals surface area contributed by atoms with E-state index >= 15 is 0 Å². The minimum atomic E-state index is -0.358. The van der Waals surface area contributed by atoms with Gasteiger partial charge < -0.3 is 4.57 Å². The van der Waals surface area contributed by atoms with Gasteiger partial charge in [-0.1, -0.05) is 32.9 Å². The number of benzene rings is 1. The molecule has 0 spiro atoms. The van der Waals surface area contributed by atoms with Crippen LogP contribution in [-0.2, 0) is 0 Å². The number of Topliss-reactive ketones (excluding diaryl/α,β-unsaturated/α-hetero) is 1. The van der Waals surface area contributed by atoms with Crippen LogP contribution in [0.1, 0.15) is 36.8 Å². The first-order chi connectivity index (χ1) is 8.38. The molecule has 0 aliphatic heterocycles. The zero-order valence-electron chi connectivity index (χ0n) is 11.3. The largest absolute Gasteiger partial charge is 0.306 e. The summed E-state index contributed by atoms with van der Waals surface area (Å²) in [6, 6.07) is 7.65. The number of rotatable bonds is 2. The van der Waals surface area contributed by atoms with Gasteiger partial charge in [0.1, 0.15) is 0 Å². The van der Waals surface area contributed by atoms with Gasteiger partial charge >= 0.3 is 0 Å². The standard InChI is InChI=1S/C15H18N2O/c1-11-9-17(10-16-11)13-7-5-6-12(8-13)14(18)15(2,3)4/h5-10H,1-4H3. The van der Waals surface area contributed by atoms with Gasteiger partial charge in [0.15, 0.2) is 5.78 Å². The molecular weight excluding hydrogens is 224 g/mol. The molecule has 0 aliphatic carbocycles. The Bertz CT molecular complexity index is 576. The average Bonchev–Trinajstić information content (AvgIpc) is 2.74. The van der Waals surface area contributed by atoms with Crippen molar-refractivity contribution in [2.75, 3.05) is 0 Å². The number of hydrogen-bond acceptors (Lipinski definition) is 2. The van der Waals surface area contributed by atoms with E-state index in [0.29, 0.717) is 0 Å². The Morgan fingerprint density at radius 2 is 2.00 bits per heavy atom. The average molecular weight is 242 g/mol. The molecule has 18 heavy (non-hydrogen) atoms. The highest BCUT2D eigenvalue weighted by Crippen LogP contribution is 2.22. The highest BCUT2D eigenvalue weighted by molar-refractivity contribution is 6.00. The van der Waals surface area contributed by atoms with Crippen molar-refractivity contribution in [2.24, 2.45) is 5.41 Å². The van der Waals surface area contributed by atoms with Crippen molar-refractivity contribution in [3.05, 3.63) is 48.0 Å². The molecule has 0 amide bonds. The summed E-state index contributed by atoms with van der Waals surface area (Å²) in [5, 5.41) is 0. The third-order valence-electron chi connectivity index (χ3n) is 2.80. The molecule has 0 saturated carbocycles. The number of ketones is 1. The topological polar surface area (TPSA) is 34.9 Å². The van der Waals surface area contributed by atoms with Gasteiger partial charge in [-0.25, -0.2) is 4.98 Å².